The number of carbonyl (C=O) groups is 2. The molecule has 2 amide bonds. The minimum absolute atomic E-state index is 0.0818. The van der Waals surface area contributed by atoms with E-state index in [1.54, 1.807) is 6.26 Å². The Kier molecular flexibility index (Phi) is 5.51. The van der Waals surface area contributed by atoms with Crippen LogP contribution in [0.3, 0.4) is 0 Å². The Balaban J connectivity index is 1.30. The highest BCUT2D eigenvalue weighted by atomic mass is 16.3. The maximum atomic E-state index is 12.2. The summed E-state index contributed by atoms with van der Waals surface area (Å²) in [5, 5.41) is 12.8. The number of amides is 2. The van der Waals surface area contributed by atoms with Gasteiger partial charge in [-0.25, -0.2) is 0 Å². The van der Waals surface area contributed by atoms with E-state index in [2.05, 4.69) is 33.2 Å². The lowest BCUT2D eigenvalue weighted by atomic mass is 10.1. The summed E-state index contributed by atoms with van der Waals surface area (Å²) in [7, 11) is 0. The minimum Gasteiger partial charge on any atom is -0.464 e. The Morgan fingerprint density at radius 1 is 1.07 bits per heavy atom. The van der Waals surface area contributed by atoms with Crippen LogP contribution in [-0.2, 0) is 29.0 Å². The summed E-state index contributed by atoms with van der Waals surface area (Å²) >= 11 is 0. The largest absolute Gasteiger partial charge is 0.464 e. The molecular weight excluding hydrogens is 384 g/mol. The van der Waals surface area contributed by atoms with Gasteiger partial charge in [0.05, 0.1) is 12.7 Å². The summed E-state index contributed by atoms with van der Waals surface area (Å²) in [5.74, 6) is -0.405. The molecule has 0 fully saturated rings. The van der Waals surface area contributed by atoms with Crippen molar-refractivity contribution in [3.63, 3.8) is 0 Å². The van der Waals surface area contributed by atoms with Gasteiger partial charge >= 0.3 is 0 Å². The smallest absolute Gasteiger partial charge is 0.262 e. The maximum absolute atomic E-state index is 12.2. The second-order valence-electron chi connectivity index (χ2n) is 6.73. The number of aryl methyl sites for hydroxylation is 1. The molecule has 30 heavy (non-hydrogen) atoms. The van der Waals surface area contributed by atoms with Gasteiger partial charge < -0.3 is 4.42 Å². The third-order valence-corrected chi connectivity index (χ3v) is 4.59. The first kappa shape index (κ1) is 19.3. The van der Waals surface area contributed by atoms with Crippen molar-refractivity contribution in [3.8, 4) is 11.4 Å². The van der Waals surface area contributed by atoms with Crippen LogP contribution >= 0.6 is 0 Å². The van der Waals surface area contributed by atoms with Crippen LogP contribution < -0.4 is 10.9 Å². The van der Waals surface area contributed by atoms with Crippen LogP contribution in [-0.4, -0.2) is 32.0 Å². The number of hydrogen-bond donors (Lipinski definition) is 2. The number of tetrazole rings is 1. The van der Waals surface area contributed by atoms with Crippen LogP contribution in [0, 0.1) is 0 Å². The molecule has 0 saturated heterocycles. The SMILES string of the molecule is CCc1ccc2c(CC(=O)NNC(=O)Cn3nnc(-c4ccccc4)n3)coc2c1. The van der Waals surface area contributed by atoms with Crippen molar-refractivity contribution in [2.75, 3.05) is 0 Å². The third-order valence-electron chi connectivity index (χ3n) is 4.59. The second-order valence-corrected chi connectivity index (χ2v) is 6.73. The fourth-order valence-corrected chi connectivity index (χ4v) is 3.02. The van der Waals surface area contributed by atoms with Gasteiger partial charge in [-0.15, -0.1) is 10.2 Å². The van der Waals surface area contributed by atoms with Gasteiger partial charge in [-0.05, 0) is 23.3 Å². The van der Waals surface area contributed by atoms with Crippen LogP contribution in [0.4, 0.5) is 0 Å². The molecule has 4 aromatic rings. The number of fused-ring (bicyclic) bond motifs is 1. The average Bonchev–Trinajstić information content (AvgIpc) is 3.40. The lowest BCUT2D eigenvalue weighted by Crippen LogP contribution is -2.44. The molecule has 0 unspecified atom stereocenters. The van der Waals surface area contributed by atoms with Crippen molar-refractivity contribution in [2.45, 2.75) is 26.3 Å². The Labute approximate surface area is 172 Å². The Bertz CT molecular complexity index is 1180. The topological polar surface area (TPSA) is 115 Å². The van der Waals surface area contributed by atoms with Gasteiger partial charge in [0.15, 0.2) is 0 Å². The number of rotatable bonds is 6. The normalized spacial score (nSPS) is 10.8. The van der Waals surface area contributed by atoms with Gasteiger partial charge in [0.1, 0.15) is 12.1 Å². The quantitative estimate of drug-likeness (QED) is 0.475. The number of benzene rings is 2. The number of nitrogens with one attached hydrogen (secondary N) is 2. The minimum atomic E-state index is -0.468. The molecule has 2 heterocycles. The monoisotopic (exact) mass is 404 g/mol. The standard InChI is InChI=1S/C21H20N6O3/c1-2-14-8-9-17-16(13-30-18(17)10-14)11-19(28)22-23-20(29)12-27-25-21(24-26-27)15-6-4-3-5-7-15/h3-10,13H,2,11-12H2,1H3,(H,22,28)(H,23,29). The van der Waals surface area contributed by atoms with Crippen molar-refractivity contribution < 1.29 is 14.0 Å². The molecule has 9 nitrogen and oxygen atoms in total. The Morgan fingerprint density at radius 2 is 1.87 bits per heavy atom. The molecule has 0 radical (unpaired) electrons. The van der Waals surface area contributed by atoms with Crippen molar-refractivity contribution in [1.29, 1.82) is 0 Å². The lowest BCUT2D eigenvalue weighted by Gasteiger charge is -2.06. The molecule has 2 N–H and O–H groups in total. The fraction of sp³-hybridized carbons (Fsp3) is 0.190. The lowest BCUT2D eigenvalue weighted by molar-refractivity contribution is -0.129. The average molecular weight is 404 g/mol. The van der Waals surface area contributed by atoms with Crippen molar-refractivity contribution in [2.24, 2.45) is 0 Å². The molecule has 0 bridgehead atoms. The Morgan fingerprint density at radius 3 is 2.67 bits per heavy atom. The Hall–Kier alpha value is -4.01. The van der Waals surface area contributed by atoms with Gasteiger partial charge in [-0.3, -0.25) is 20.4 Å². The molecule has 0 aliphatic heterocycles. The van der Waals surface area contributed by atoms with E-state index < -0.39 is 5.91 Å². The number of carbonyl (C=O) groups excluding carboxylic acids is 2. The number of hydrogen-bond acceptors (Lipinski definition) is 6. The van der Waals surface area contributed by atoms with Crippen LogP contribution in [0.25, 0.3) is 22.4 Å². The van der Waals surface area contributed by atoms with E-state index in [9.17, 15) is 9.59 Å². The van der Waals surface area contributed by atoms with Crippen molar-refractivity contribution >= 4 is 22.8 Å². The predicted octanol–water partition coefficient (Wildman–Crippen LogP) is 2.04. The highest BCUT2D eigenvalue weighted by molar-refractivity contribution is 5.89. The van der Waals surface area contributed by atoms with Crippen LogP contribution in [0.2, 0.25) is 0 Å². The summed E-state index contributed by atoms with van der Waals surface area (Å²) in [4.78, 5) is 25.4. The number of hydrazine groups is 1. The van der Waals surface area contributed by atoms with E-state index in [0.717, 1.165) is 34.1 Å². The molecular formula is C21H20N6O3. The zero-order valence-corrected chi connectivity index (χ0v) is 16.3. The number of aromatic nitrogens is 4. The van der Waals surface area contributed by atoms with E-state index in [1.807, 2.05) is 48.5 Å². The molecule has 2 aromatic heterocycles. The molecule has 2 aromatic carbocycles. The maximum Gasteiger partial charge on any atom is 0.262 e. The van der Waals surface area contributed by atoms with Crippen molar-refractivity contribution in [1.82, 2.24) is 31.1 Å². The summed E-state index contributed by atoms with van der Waals surface area (Å²) in [5.41, 5.74) is 8.22. The van der Waals surface area contributed by atoms with Gasteiger partial charge in [0.2, 0.25) is 11.7 Å². The van der Waals surface area contributed by atoms with Gasteiger partial charge in [0.25, 0.3) is 5.91 Å². The molecule has 4 rings (SSSR count). The molecule has 152 valence electrons. The first-order valence-electron chi connectivity index (χ1n) is 9.52. The van der Waals surface area contributed by atoms with E-state index in [-0.39, 0.29) is 18.9 Å². The van der Waals surface area contributed by atoms with E-state index in [1.165, 1.54) is 4.80 Å². The van der Waals surface area contributed by atoms with Crippen LogP contribution in [0.15, 0.2) is 59.2 Å². The van der Waals surface area contributed by atoms with Crippen LogP contribution in [0.1, 0.15) is 18.1 Å². The highest BCUT2D eigenvalue weighted by Crippen LogP contribution is 2.23. The van der Waals surface area contributed by atoms with E-state index in [4.69, 9.17) is 4.42 Å². The second kappa shape index (κ2) is 8.56. The van der Waals surface area contributed by atoms with E-state index in [0.29, 0.717) is 5.82 Å². The van der Waals surface area contributed by atoms with Gasteiger partial charge in [-0.2, -0.15) is 4.80 Å². The third kappa shape index (κ3) is 4.35. The zero-order valence-electron chi connectivity index (χ0n) is 16.3. The van der Waals surface area contributed by atoms with Gasteiger partial charge in [0, 0.05) is 16.5 Å². The molecule has 0 saturated carbocycles. The van der Waals surface area contributed by atoms with Gasteiger partial charge in [-0.1, -0.05) is 49.4 Å². The number of furan rings is 1. The zero-order chi connectivity index (χ0) is 20.9. The summed E-state index contributed by atoms with van der Waals surface area (Å²) < 4.78 is 5.54. The first-order chi connectivity index (χ1) is 14.6. The summed E-state index contributed by atoms with van der Waals surface area (Å²) in [6, 6.07) is 15.2. The molecule has 0 spiro atoms. The molecule has 0 atom stereocenters. The molecule has 0 aliphatic carbocycles. The predicted molar refractivity (Wildman–Crippen MR) is 109 cm³/mol. The van der Waals surface area contributed by atoms with Crippen LogP contribution in [0.5, 0.6) is 0 Å². The van der Waals surface area contributed by atoms with Crippen molar-refractivity contribution in [3.05, 3.63) is 65.9 Å². The highest BCUT2D eigenvalue weighted by Gasteiger charge is 2.13. The summed E-state index contributed by atoms with van der Waals surface area (Å²) in [6.07, 6.45) is 2.56. The fourth-order valence-electron chi connectivity index (χ4n) is 3.02. The number of nitrogens with zero attached hydrogens (tertiary/aromatic N) is 4. The molecule has 9 heteroatoms. The molecule has 0 aliphatic rings. The summed E-state index contributed by atoms with van der Waals surface area (Å²) in [6.45, 7) is 1.90. The van der Waals surface area contributed by atoms with E-state index >= 15 is 0 Å². The first-order valence-corrected chi connectivity index (χ1v) is 9.52.